The van der Waals surface area contributed by atoms with Crippen LogP contribution in [0.5, 0.6) is 5.75 Å². The number of ether oxygens (including phenoxy) is 1. The molecule has 128 valence electrons. The maximum atomic E-state index is 13.9. The Morgan fingerprint density at radius 3 is 2.50 bits per heavy atom. The summed E-state index contributed by atoms with van der Waals surface area (Å²) in [5.74, 6) is 0.372. The molecule has 1 N–H and O–H groups in total. The Kier molecular flexibility index (Phi) is 5.61. The highest BCUT2D eigenvalue weighted by atomic mass is 35.5. The summed E-state index contributed by atoms with van der Waals surface area (Å²) in [6.45, 7) is 3.47. The molecule has 0 aromatic heterocycles. The van der Waals surface area contributed by atoms with Crippen LogP contribution in [-0.2, 0) is 0 Å². The van der Waals surface area contributed by atoms with Gasteiger partial charge in [-0.1, -0.05) is 29.3 Å². The predicted octanol–water partition coefficient (Wildman–Crippen LogP) is 4.14. The van der Waals surface area contributed by atoms with Crippen LogP contribution in [0.25, 0.3) is 0 Å². The molecule has 0 saturated carbocycles. The molecule has 1 heterocycles. The maximum absolute atomic E-state index is 13.9. The van der Waals surface area contributed by atoms with Crippen LogP contribution >= 0.6 is 23.2 Å². The molecule has 3 nitrogen and oxygen atoms in total. The predicted molar refractivity (Wildman–Crippen MR) is 95.7 cm³/mol. The highest BCUT2D eigenvalue weighted by Crippen LogP contribution is 2.37. The molecular formula is C18H19Cl2FN2O. The third kappa shape index (κ3) is 3.67. The number of hydrogen-bond donors (Lipinski definition) is 1. The molecule has 0 spiro atoms. The van der Waals surface area contributed by atoms with Gasteiger partial charge in [-0.15, -0.1) is 0 Å². The normalized spacial score (nSPS) is 16.8. The second-order valence-corrected chi connectivity index (χ2v) is 6.56. The molecule has 3 rings (SSSR count). The van der Waals surface area contributed by atoms with Gasteiger partial charge in [-0.2, -0.15) is 0 Å². The molecule has 1 atom stereocenters. The van der Waals surface area contributed by atoms with Gasteiger partial charge >= 0.3 is 0 Å². The van der Waals surface area contributed by atoms with Gasteiger partial charge in [-0.25, -0.2) is 4.39 Å². The van der Waals surface area contributed by atoms with E-state index in [1.54, 1.807) is 19.2 Å². The monoisotopic (exact) mass is 368 g/mol. The van der Waals surface area contributed by atoms with Crippen LogP contribution in [-0.4, -0.2) is 38.2 Å². The summed E-state index contributed by atoms with van der Waals surface area (Å²) in [5.41, 5.74) is 1.76. The Morgan fingerprint density at radius 1 is 1.08 bits per heavy atom. The molecule has 1 fully saturated rings. The molecule has 1 saturated heterocycles. The van der Waals surface area contributed by atoms with E-state index in [0.29, 0.717) is 15.8 Å². The first-order valence-electron chi connectivity index (χ1n) is 7.83. The van der Waals surface area contributed by atoms with E-state index in [9.17, 15) is 4.39 Å². The van der Waals surface area contributed by atoms with Gasteiger partial charge in [-0.05, 0) is 35.9 Å². The minimum absolute atomic E-state index is 0.146. The van der Waals surface area contributed by atoms with Gasteiger partial charge in [0.15, 0.2) is 0 Å². The molecule has 24 heavy (non-hydrogen) atoms. The van der Waals surface area contributed by atoms with Crippen molar-refractivity contribution in [2.24, 2.45) is 0 Å². The van der Waals surface area contributed by atoms with E-state index in [2.05, 4.69) is 10.2 Å². The molecule has 0 bridgehead atoms. The first-order chi connectivity index (χ1) is 11.6. The average molecular weight is 369 g/mol. The standard InChI is InChI=1S/C18H19Cl2FN2O/c1-24-17-5-3-13(21)11-14(17)18(23-8-6-22-7-9-23)12-2-4-15(19)16(20)10-12/h2-5,10-11,18,22H,6-9H2,1H3. The van der Waals surface area contributed by atoms with Crippen LogP contribution in [0.2, 0.25) is 10.0 Å². The second-order valence-electron chi connectivity index (χ2n) is 5.75. The number of benzene rings is 2. The third-order valence-corrected chi connectivity index (χ3v) is 5.00. The van der Waals surface area contributed by atoms with Crippen LogP contribution in [0.1, 0.15) is 17.2 Å². The fraction of sp³-hybridized carbons (Fsp3) is 0.333. The maximum Gasteiger partial charge on any atom is 0.124 e. The number of halogens is 3. The van der Waals surface area contributed by atoms with Crippen molar-refractivity contribution in [1.82, 2.24) is 10.2 Å². The van der Waals surface area contributed by atoms with Gasteiger partial charge < -0.3 is 10.1 Å². The zero-order valence-electron chi connectivity index (χ0n) is 13.4. The highest BCUT2D eigenvalue weighted by molar-refractivity contribution is 6.42. The lowest BCUT2D eigenvalue weighted by atomic mass is 9.95. The van der Waals surface area contributed by atoms with Gasteiger partial charge in [0.2, 0.25) is 0 Å². The van der Waals surface area contributed by atoms with Crippen LogP contribution in [0.3, 0.4) is 0 Å². The average Bonchev–Trinajstić information content (AvgIpc) is 2.59. The Hall–Kier alpha value is -1.33. The van der Waals surface area contributed by atoms with Crippen LogP contribution in [0.4, 0.5) is 4.39 Å². The summed E-state index contributed by atoms with van der Waals surface area (Å²) in [6.07, 6.45) is 0. The van der Waals surface area contributed by atoms with Gasteiger partial charge in [0.25, 0.3) is 0 Å². The molecule has 2 aromatic carbocycles. The molecule has 1 aliphatic heterocycles. The molecule has 0 radical (unpaired) electrons. The van der Waals surface area contributed by atoms with E-state index in [-0.39, 0.29) is 11.9 Å². The van der Waals surface area contributed by atoms with Crippen molar-refractivity contribution in [3.8, 4) is 5.75 Å². The fourth-order valence-electron chi connectivity index (χ4n) is 3.13. The van der Waals surface area contributed by atoms with E-state index in [1.165, 1.54) is 12.1 Å². The van der Waals surface area contributed by atoms with Crippen LogP contribution in [0, 0.1) is 5.82 Å². The Labute approximate surface area is 151 Å². The first-order valence-corrected chi connectivity index (χ1v) is 8.59. The van der Waals surface area contributed by atoms with Crippen molar-refractivity contribution >= 4 is 23.2 Å². The molecule has 1 unspecified atom stereocenters. The van der Waals surface area contributed by atoms with Crippen molar-refractivity contribution in [2.75, 3.05) is 33.3 Å². The topological polar surface area (TPSA) is 24.5 Å². The minimum atomic E-state index is -0.286. The number of piperazine rings is 1. The van der Waals surface area contributed by atoms with Crippen LogP contribution in [0.15, 0.2) is 36.4 Å². The third-order valence-electron chi connectivity index (χ3n) is 4.26. The lowest BCUT2D eigenvalue weighted by Gasteiger charge is -2.36. The number of hydrogen-bond acceptors (Lipinski definition) is 3. The van der Waals surface area contributed by atoms with Gasteiger partial charge in [0.05, 0.1) is 23.2 Å². The SMILES string of the molecule is COc1ccc(F)cc1C(c1ccc(Cl)c(Cl)c1)N1CCNCC1. The molecule has 6 heteroatoms. The number of methoxy groups -OCH3 is 1. The minimum Gasteiger partial charge on any atom is -0.496 e. The molecular weight excluding hydrogens is 350 g/mol. The van der Waals surface area contributed by atoms with E-state index in [1.807, 2.05) is 12.1 Å². The number of nitrogens with one attached hydrogen (secondary N) is 1. The van der Waals surface area contributed by atoms with Crippen molar-refractivity contribution in [3.05, 3.63) is 63.4 Å². The van der Waals surface area contributed by atoms with Crippen molar-refractivity contribution in [3.63, 3.8) is 0 Å². The smallest absolute Gasteiger partial charge is 0.124 e. The summed E-state index contributed by atoms with van der Waals surface area (Å²) in [4.78, 5) is 2.30. The van der Waals surface area contributed by atoms with E-state index >= 15 is 0 Å². The second kappa shape index (κ2) is 7.70. The number of rotatable bonds is 4. The highest BCUT2D eigenvalue weighted by Gasteiger charge is 2.27. The molecule has 0 aliphatic carbocycles. The Morgan fingerprint density at radius 2 is 1.83 bits per heavy atom. The van der Waals surface area contributed by atoms with E-state index in [4.69, 9.17) is 27.9 Å². The summed E-state index contributed by atoms with van der Waals surface area (Å²) in [6, 6.07) is 10.0. The summed E-state index contributed by atoms with van der Waals surface area (Å²) in [7, 11) is 1.60. The lowest BCUT2D eigenvalue weighted by Crippen LogP contribution is -2.45. The van der Waals surface area contributed by atoms with Gasteiger partial charge in [0.1, 0.15) is 11.6 Å². The molecule has 0 amide bonds. The largest absolute Gasteiger partial charge is 0.496 e. The zero-order valence-corrected chi connectivity index (χ0v) is 14.9. The summed E-state index contributed by atoms with van der Waals surface area (Å²) in [5, 5.41) is 4.33. The summed E-state index contributed by atoms with van der Waals surface area (Å²) < 4.78 is 19.4. The lowest BCUT2D eigenvalue weighted by molar-refractivity contribution is 0.195. The Balaban J connectivity index is 2.11. The van der Waals surface area contributed by atoms with Crippen LogP contribution < -0.4 is 10.1 Å². The summed E-state index contributed by atoms with van der Waals surface area (Å²) >= 11 is 12.3. The van der Waals surface area contributed by atoms with Gasteiger partial charge in [0, 0.05) is 31.7 Å². The quantitative estimate of drug-likeness (QED) is 0.877. The molecule has 1 aliphatic rings. The molecule has 2 aromatic rings. The van der Waals surface area contributed by atoms with Crippen molar-refractivity contribution < 1.29 is 9.13 Å². The zero-order chi connectivity index (χ0) is 17.1. The van der Waals surface area contributed by atoms with E-state index in [0.717, 1.165) is 37.3 Å². The first kappa shape index (κ1) is 17.5. The van der Waals surface area contributed by atoms with Gasteiger partial charge in [-0.3, -0.25) is 4.90 Å². The van der Waals surface area contributed by atoms with Crippen molar-refractivity contribution in [1.29, 1.82) is 0 Å². The fourth-order valence-corrected chi connectivity index (χ4v) is 3.44. The van der Waals surface area contributed by atoms with E-state index < -0.39 is 0 Å². The number of nitrogens with zero attached hydrogens (tertiary/aromatic N) is 1. The Bertz CT molecular complexity index is 720. The van der Waals surface area contributed by atoms with Crippen molar-refractivity contribution in [2.45, 2.75) is 6.04 Å².